The van der Waals surface area contributed by atoms with E-state index in [9.17, 15) is 4.79 Å². The molecule has 132 valence electrons. The van der Waals surface area contributed by atoms with Crippen molar-refractivity contribution in [2.45, 2.75) is 41.8 Å². The Morgan fingerprint density at radius 3 is 2.52 bits per heavy atom. The molecule has 3 saturated heterocycles. The summed E-state index contributed by atoms with van der Waals surface area (Å²) in [7, 11) is 0. The number of furan rings is 1. The minimum absolute atomic E-state index is 0.0168. The largest absolute Gasteiger partial charge is 0.438 e. The van der Waals surface area contributed by atoms with Gasteiger partial charge in [0.25, 0.3) is 5.91 Å². The third-order valence-corrected chi connectivity index (χ3v) is 6.49. The topological polar surface area (TPSA) is 45.5 Å². The van der Waals surface area contributed by atoms with Gasteiger partial charge in [0.15, 0.2) is 10.3 Å². The van der Waals surface area contributed by atoms with E-state index < -0.39 is 0 Å². The van der Waals surface area contributed by atoms with Crippen LogP contribution in [0.5, 0.6) is 0 Å². The van der Waals surface area contributed by atoms with Crippen molar-refractivity contribution in [3.8, 4) is 0 Å². The molecule has 1 N–H and O–H groups in total. The highest BCUT2D eigenvalue weighted by Gasteiger charge is 2.40. The summed E-state index contributed by atoms with van der Waals surface area (Å²) >= 11 is 7.27. The lowest BCUT2D eigenvalue weighted by molar-refractivity contribution is 0.0217. The van der Waals surface area contributed by atoms with E-state index in [4.69, 9.17) is 16.0 Å². The van der Waals surface area contributed by atoms with E-state index in [1.807, 2.05) is 30.3 Å². The number of hydrogen-bond acceptors (Lipinski definition) is 4. The first-order valence-corrected chi connectivity index (χ1v) is 9.88. The van der Waals surface area contributed by atoms with Crippen molar-refractivity contribution in [1.82, 2.24) is 10.2 Å². The molecule has 1 amide bonds. The quantitative estimate of drug-likeness (QED) is 0.864. The average Bonchev–Trinajstić information content (AvgIpc) is 3.04. The molecule has 6 heteroatoms. The van der Waals surface area contributed by atoms with Crippen LogP contribution < -0.4 is 5.32 Å². The van der Waals surface area contributed by atoms with Crippen LogP contribution in [0.15, 0.2) is 50.8 Å². The van der Waals surface area contributed by atoms with Crippen LogP contribution in [-0.2, 0) is 0 Å². The number of piperidine rings is 3. The number of benzene rings is 1. The van der Waals surface area contributed by atoms with Crippen molar-refractivity contribution < 1.29 is 9.21 Å². The number of carbonyl (C=O) groups is 1. The van der Waals surface area contributed by atoms with Crippen LogP contribution in [0.3, 0.4) is 0 Å². The lowest BCUT2D eigenvalue weighted by Crippen LogP contribution is -2.62. The summed E-state index contributed by atoms with van der Waals surface area (Å²) in [6, 6.07) is 11.9. The Labute approximate surface area is 156 Å². The maximum absolute atomic E-state index is 12.6. The molecular formula is C19H21ClN2O2S. The first-order chi connectivity index (χ1) is 12.1. The molecule has 0 saturated carbocycles. The Bertz CT molecular complexity index is 751. The van der Waals surface area contributed by atoms with E-state index in [0.29, 0.717) is 22.7 Å². The number of carbonyl (C=O) groups excluding carboxylic acids is 1. The number of nitrogens with zero attached hydrogens (tertiary/aromatic N) is 1. The normalized spacial score (nSPS) is 28.1. The van der Waals surface area contributed by atoms with Gasteiger partial charge in [0.05, 0.1) is 0 Å². The van der Waals surface area contributed by atoms with Crippen molar-refractivity contribution in [1.29, 1.82) is 0 Å². The molecule has 4 heterocycles. The van der Waals surface area contributed by atoms with Gasteiger partial charge >= 0.3 is 0 Å². The van der Waals surface area contributed by atoms with E-state index in [1.165, 1.54) is 37.7 Å². The van der Waals surface area contributed by atoms with Crippen molar-refractivity contribution in [2.24, 2.45) is 5.92 Å². The lowest BCUT2D eigenvalue weighted by Gasteiger charge is -2.49. The maximum atomic E-state index is 12.6. The van der Waals surface area contributed by atoms with Gasteiger partial charge in [-0.15, -0.1) is 0 Å². The summed E-state index contributed by atoms with van der Waals surface area (Å²) < 4.78 is 5.35. The first-order valence-electron chi connectivity index (χ1n) is 8.68. The second-order valence-electron chi connectivity index (χ2n) is 6.80. The maximum Gasteiger partial charge on any atom is 0.251 e. The fraction of sp³-hybridized carbons (Fsp3) is 0.421. The summed E-state index contributed by atoms with van der Waals surface area (Å²) in [6.45, 7) is 4.56. The minimum Gasteiger partial charge on any atom is -0.438 e. The summed E-state index contributed by atoms with van der Waals surface area (Å²) in [5.41, 5.74) is 0.700. The van der Waals surface area contributed by atoms with Gasteiger partial charge in [-0.05, 0) is 86.8 Å². The Kier molecular flexibility index (Phi) is 4.80. The van der Waals surface area contributed by atoms with Crippen LogP contribution in [0.4, 0.5) is 0 Å². The number of amides is 1. The summed E-state index contributed by atoms with van der Waals surface area (Å²) in [5.74, 6) is 0.630. The van der Waals surface area contributed by atoms with Gasteiger partial charge in [-0.25, -0.2) is 0 Å². The van der Waals surface area contributed by atoms with E-state index in [2.05, 4.69) is 17.1 Å². The molecule has 2 unspecified atom stereocenters. The van der Waals surface area contributed by atoms with Crippen LogP contribution in [0, 0.1) is 5.92 Å². The van der Waals surface area contributed by atoms with Crippen molar-refractivity contribution in [2.75, 3.05) is 13.1 Å². The molecule has 1 aromatic heterocycles. The van der Waals surface area contributed by atoms with Gasteiger partial charge in [-0.3, -0.25) is 9.69 Å². The second kappa shape index (κ2) is 7.06. The van der Waals surface area contributed by atoms with Crippen molar-refractivity contribution >= 4 is 29.3 Å². The van der Waals surface area contributed by atoms with Crippen molar-refractivity contribution in [3.05, 3.63) is 47.2 Å². The molecule has 1 aromatic carbocycles. The van der Waals surface area contributed by atoms with Gasteiger partial charge < -0.3 is 9.73 Å². The number of hydrogen-bond donors (Lipinski definition) is 1. The highest BCUT2D eigenvalue weighted by molar-refractivity contribution is 7.99. The zero-order chi connectivity index (χ0) is 17.4. The van der Waals surface area contributed by atoms with E-state index >= 15 is 0 Å². The number of halogens is 1. The predicted octanol–water partition coefficient (Wildman–Crippen LogP) is 4.30. The predicted molar refractivity (Wildman–Crippen MR) is 99.3 cm³/mol. The summed E-state index contributed by atoms with van der Waals surface area (Å²) in [4.78, 5) is 16.1. The monoisotopic (exact) mass is 376 g/mol. The first kappa shape index (κ1) is 17.0. The van der Waals surface area contributed by atoms with E-state index in [-0.39, 0.29) is 11.9 Å². The smallest absolute Gasteiger partial charge is 0.251 e. The SMILES string of the molecule is CC1C(NC(=O)c2ccc(Sc3ccc(Cl)o3)cc2)C2CCN1CC2. The Balaban J connectivity index is 1.40. The molecule has 3 aliphatic rings. The van der Waals surface area contributed by atoms with Gasteiger partial charge in [-0.2, -0.15) is 0 Å². The minimum atomic E-state index is 0.0168. The van der Waals surface area contributed by atoms with Gasteiger partial charge in [0.2, 0.25) is 0 Å². The Hall–Kier alpha value is -1.43. The molecule has 3 fully saturated rings. The van der Waals surface area contributed by atoms with E-state index in [1.54, 1.807) is 6.07 Å². The van der Waals surface area contributed by atoms with Crippen molar-refractivity contribution in [3.63, 3.8) is 0 Å². The zero-order valence-electron chi connectivity index (χ0n) is 14.1. The van der Waals surface area contributed by atoms with Gasteiger partial charge in [0, 0.05) is 22.5 Å². The van der Waals surface area contributed by atoms with Crippen LogP contribution in [0.1, 0.15) is 30.1 Å². The van der Waals surface area contributed by atoms with E-state index in [0.717, 1.165) is 9.99 Å². The Morgan fingerprint density at radius 2 is 1.92 bits per heavy atom. The van der Waals surface area contributed by atoms with Crippen LogP contribution in [0.2, 0.25) is 5.22 Å². The molecule has 0 aliphatic carbocycles. The molecule has 2 bridgehead atoms. The van der Waals surface area contributed by atoms with Gasteiger partial charge in [0.1, 0.15) is 0 Å². The average molecular weight is 377 g/mol. The summed E-state index contributed by atoms with van der Waals surface area (Å²) in [5, 5.41) is 4.38. The highest BCUT2D eigenvalue weighted by atomic mass is 35.5. The second-order valence-corrected chi connectivity index (χ2v) is 8.25. The molecule has 2 aromatic rings. The fourth-order valence-electron chi connectivity index (χ4n) is 3.92. The molecule has 3 aliphatic heterocycles. The molecule has 0 radical (unpaired) electrons. The third kappa shape index (κ3) is 3.59. The highest BCUT2D eigenvalue weighted by Crippen LogP contribution is 2.33. The molecular weight excluding hydrogens is 356 g/mol. The van der Waals surface area contributed by atoms with Crippen LogP contribution in [0.25, 0.3) is 0 Å². The fourth-order valence-corrected chi connectivity index (χ4v) is 4.89. The molecule has 5 rings (SSSR count). The number of rotatable bonds is 4. The standard InChI is InChI=1S/C19H21ClN2O2S/c1-12-18(13-8-10-22(12)11-9-13)21-19(23)14-2-4-15(5-3-14)25-17-7-6-16(20)24-17/h2-7,12-13,18H,8-11H2,1H3,(H,21,23). The number of nitrogens with one attached hydrogen (secondary N) is 1. The Morgan fingerprint density at radius 1 is 1.20 bits per heavy atom. The lowest BCUT2D eigenvalue weighted by atomic mass is 9.79. The van der Waals surface area contributed by atoms with Crippen LogP contribution >= 0.6 is 23.4 Å². The molecule has 2 atom stereocenters. The van der Waals surface area contributed by atoms with Gasteiger partial charge in [-0.1, -0.05) is 11.8 Å². The molecule has 0 spiro atoms. The zero-order valence-corrected chi connectivity index (χ0v) is 15.6. The van der Waals surface area contributed by atoms with Crippen LogP contribution in [-0.4, -0.2) is 36.0 Å². The molecule has 25 heavy (non-hydrogen) atoms. The third-order valence-electron chi connectivity index (χ3n) is 5.36. The summed E-state index contributed by atoms with van der Waals surface area (Å²) in [6.07, 6.45) is 2.38. The number of fused-ring (bicyclic) bond motifs is 3. The molecule has 4 nitrogen and oxygen atoms in total.